The van der Waals surface area contributed by atoms with Gasteiger partial charge in [-0.25, -0.2) is 0 Å². The topological polar surface area (TPSA) is 123 Å². The molecule has 29 heavy (non-hydrogen) atoms. The van der Waals surface area contributed by atoms with E-state index in [1.54, 1.807) is 13.3 Å². The van der Waals surface area contributed by atoms with Gasteiger partial charge in [-0.05, 0) is 61.1 Å². The van der Waals surface area contributed by atoms with Gasteiger partial charge in [0.15, 0.2) is 0 Å². The van der Waals surface area contributed by atoms with Crippen molar-refractivity contribution in [1.82, 2.24) is 9.88 Å². The van der Waals surface area contributed by atoms with E-state index in [2.05, 4.69) is 22.5 Å². The van der Waals surface area contributed by atoms with Gasteiger partial charge in [0.25, 0.3) is 0 Å². The number of piperidine rings is 3. The molecule has 2 bridgehead atoms. The molecule has 8 nitrogen and oxygen atoms in total. The molecule has 158 valence electrons. The van der Waals surface area contributed by atoms with E-state index >= 15 is 0 Å². The number of methoxy groups -OCH3 is 1. The van der Waals surface area contributed by atoms with Gasteiger partial charge in [0, 0.05) is 24.2 Å². The molecule has 4 N–H and O–H groups in total. The van der Waals surface area contributed by atoms with Gasteiger partial charge in [0.2, 0.25) is 0 Å². The molecule has 0 radical (unpaired) electrons. The van der Waals surface area contributed by atoms with Crippen LogP contribution in [-0.2, 0) is 3.74 Å². The van der Waals surface area contributed by atoms with Crippen LogP contribution in [0, 0.1) is 11.8 Å². The van der Waals surface area contributed by atoms with Gasteiger partial charge in [-0.15, -0.1) is 6.58 Å². The predicted molar refractivity (Wildman–Crippen MR) is 108 cm³/mol. The Bertz CT molecular complexity index is 909. The third-order valence-corrected chi connectivity index (χ3v) is 5.82. The fraction of sp³-hybridized carbons (Fsp3) is 0.450. The van der Waals surface area contributed by atoms with Crippen molar-refractivity contribution in [1.29, 1.82) is 0 Å². The molecule has 3 fully saturated rings. The maximum absolute atomic E-state index is 11.2. The van der Waals surface area contributed by atoms with E-state index in [4.69, 9.17) is 20.8 Å². The summed E-state index contributed by atoms with van der Waals surface area (Å²) in [6, 6.07) is 7.96. The first-order valence-corrected chi connectivity index (χ1v) is 12.7. The summed E-state index contributed by atoms with van der Waals surface area (Å²) < 4.78 is 36.0. The average molecular weight is 466 g/mol. The number of fused-ring (bicyclic) bond motifs is 4. The van der Waals surface area contributed by atoms with Crippen LogP contribution in [-0.4, -0.2) is 68.0 Å². The molecule has 9 heteroatoms. The molecule has 3 aliphatic heterocycles. The summed E-state index contributed by atoms with van der Waals surface area (Å²) in [5.74, 6) is 2.01. The number of rotatable bonds is 4. The van der Waals surface area contributed by atoms with Gasteiger partial charge in [0.05, 0.1) is 18.7 Å². The van der Waals surface area contributed by atoms with Crippen LogP contribution >= 0.6 is 0 Å². The molecule has 0 spiro atoms. The molecule has 1 aromatic carbocycles. The zero-order valence-corrected chi connectivity index (χ0v) is 18.1. The Morgan fingerprint density at radius 1 is 1.34 bits per heavy atom. The zero-order chi connectivity index (χ0) is 21.2. The van der Waals surface area contributed by atoms with Crippen LogP contribution < -0.4 is 4.74 Å². The fourth-order valence-electron chi connectivity index (χ4n) is 4.44. The van der Waals surface area contributed by atoms with Gasteiger partial charge >= 0.3 is 30.5 Å². The summed E-state index contributed by atoms with van der Waals surface area (Å²) in [4.78, 5) is 6.86. The second-order valence-corrected chi connectivity index (χ2v) is 9.64. The normalized spacial score (nSPS) is 27.1. The quantitative estimate of drug-likeness (QED) is 0.389. The number of hydrogen-bond donors (Lipinski definition) is 4. The number of aromatic nitrogens is 1. The van der Waals surface area contributed by atoms with E-state index in [0.29, 0.717) is 11.8 Å². The van der Waals surface area contributed by atoms with Crippen molar-refractivity contribution in [2.75, 3.05) is 20.2 Å². The van der Waals surface area contributed by atoms with Crippen molar-refractivity contribution in [3.63, 3.8) is 0 Å². The minimum absolute atomic E-state index is 0.178. The SMILES string of the molecule is C=C[C@H]1CN2CC[C@H]1C[C@H]2[C@H](O)c1ccnc2ccc(OC)cc12.O=[As](O)(O)O. The Labute approximate surface area is 172 Å². The van der Waals surface area contributed by atoms with Gasteiger partial charge in [-0.1, -0.05) is 6.08 Å². The number of aliphatic hydroxyl groups is 1. The Kier molecular flexibility index (Phi) is 6.83. The fourth-order valence-corrected chi connectivity index (χ4v) is 4.44. The van der Waals surface area contributed by atoms with E-state index in [1.165, 1.54) is 6.42 Å². The van der Waals surface area contributed by atoms with Crippen molar-refractivity contribution in [3.05, 3.63) is 48.7 Å². The van der Waals surface area contributed by atoms with Crippen LogP contribution in [0.3, 0.4) is 0 Å². The first-order valence-electron chi connectivity index (χ1n) is 9.47. The molecule has 3 aliphatic rings. The molecule has 2 aromatic rings. The van der Waals surface area contributed by atoms with Crippen LogP contribution in [0.2, 0.25) is 0 Å². The summed E-state index contributed by atoms with van der Waals surface area (Å²) in [6.45, 7) is 6.07. The van der Waals surface area contributed by atoms with E-state index in [9.17, 15) is 5.11 Å². The standard InChI is InChI=1S/C20H24N2O2.AsH3O4/c1-3-13-12-22-9-7-14(13)10-19(22)20(23)16-6-8-21-18-5-4-15(24-2)11-17(16)18;2-1(3,4)5/h3-6,8,11,13-14,19-20,23H,1,7,9-10,12H2,2H3;(H3,2,3,4,5)/t13-,14-,19-,20+;/m0./s1. The maximum atomic E-state index is 11.2. The van der Waals surface area contributed by atoms with Crippen molar-refractivity contribution in [2.24, 2.45) is 11.8 Å². The number of benzene rings is 1. The van der Waals surface area contributed by atoms with Crippen molar-refractivity contribution >= 4 is 25.4 Å². The number of aliphatic hydroxyl groups excluding tert-OH is 1. The first-order chi connectivity index (χ1) is 13.7. The molecular formula is C20H27AsN2O6. The second kappa shape index (κ2) is 9.00. The van der Waals surface area contributed by atoms with Gasteiger partial charge in [-0.2, -0.15) is 0 Å². The number of hydrogen-bond acceptors (Lipinski definition) is 5. The van der Waals surface area contributed by atoms with E-state index < -0.39 is 20.6 Å². The third-order valence-electron chi connectivity index (χ3n) is 5.82. The van der Waals surface area contributed by atoms with Crippen LogP contribution in [0.15, 0.2) is 43.1 Å². The summed E-state index contributed by atoms with van der Waals surface area (Å²) >= 11 is -5.12. The molecule has 1 unspecified atom stereocenters. The molecule has 0 amide bonds. The van der Waals surface area contributed by atoms with Gasteiger partial charge in [0.1, 0.15) is 5.75 Å². The molecule has 5 rings (SSSR count). The molecule has 1 aromatic heterocycles. The third kappa shape index (κ3) is 5.28. The van der Waals surface area contributed by atoms with Crippen LogP contribution in [0.1, 0.15) is 24.5 Å². The number of pyridine rings is 1. The Morgan fingerprint density at radius 2 is 2.07 bits per heavy atom. The molecule has 0 saturated carbocycles. The number of ether oxygens (including phenoxy) is 1. The molecule has 5 atom stereocenters. The molecule has 3 saturated heterocycles. The van der Waals surface area contributed by atoms with Gasteiger partial charge in [-0.3, -0.25) is 9.88 Å². The first kappa shape index (κ1) is 22.0. The monoisotopic (exact) mass is 466 g/mol. The van der Waals surface area contributed by atoms with E-state index in [-0.39, 0.29) is 6.04 Å². The summed E-state index contributed by atoms with van der Waals surface area (Å²) in [6.07, 6.45) is 5.62. The van der Waals surface area contributed by atoms with Crippen LogP contribution in [0.25, 0.3) is 10.9 Å². The molecular weight excluding hydrogens is 439 g/mol. The number of nitrogens with zero attached hydrogens (tertiary/aromatic N) is 2. The van der Waals surface area contributed by atoms with E-state index in [1.807, 2.05) is 24.3 Å². The Morgan fingerprint density at radius 3 is 2.66 bits per heavy atom. The van der Waals surface area contributed by atoms with E-state index in [0.717, 1.165) is 41.7 Å². The zero-order valence-electron chi connectivity index (χ0n) is 16.3. The minimum atomic E-state index is -5.12. The van der Waals surface area contributed by atoms with Crippen LogP contribution in [0.5, 0.6) is 5.75 Å². The summed E-state index contributed by atoms with van der Waals surface area (Å²) in [5.41, 5.74) is 1.85. The Hall–Kier alpha value is -1.67. The van der Waals surface area contributed by atoms with Gasteiger partial charge < -0.3 is 9.84 Å². The van der Waals surface area contributed by atoms with Crippen molar-refractivity contribution < 1.29 is 25.9 Å². The second-order valence-electron chi connectivity index (χ2n) is 7.49. The molecule has 0 aliphatic carbocycles. The Balaban J connectivity index is 0.000000431. The summed E-state index contributed by atoms with van der Waals surface area (Å²) in [5, 5.41) is 12.1. The van der Waals surface area contributed by atoms with Crippen molar-refractivity contribution in [3.8, 4) is 5.75 Å². The summed E-state index contributed by atoms with van der Waals surface area (Å²) in [7, 11) is 1.66. The predicted octanol–water partition coefficient (Wildman–Crippen LogP) is 1.00. The average Bonchev–Trinajstić information content (AvgIpc) is 2.71. The molecule has 4 heterocycles. The van der Waals surface area contributed by atoms with Crippen molar-refractivity contribution in [2.45, 2.75) is 25.0 Å². The van der Waals surface area contributed by atoms with Crippen LogP contribution in [0.4, 0.5) is 0 Å².